The molecule has 1 amide bonds. The van der Waals surface area contributed by atoms with Crippen LogP contribution in [0.4, 0.5) is 5.69 Å². The summed E-state index contributed by atoms with van der Waals surface area (Å²) in [6.07, 6.45) is 2.12. The highest BCUT2D eigenvalue weighted by Crippen LogP contribution is 2.35. The number of hydrogen-bond acceptors (Lipinski definition) is 5. The topological polar surface area (TPSA) is 42.0 Å². The van der Waals surface area contributed by atoms with Gasteiger partial charge in [0.1, 0.15) is 0 Å². The molecule has 1 saturated heterocycles. The summed E-state index contributed by atoms with van der Waals surface area (Å²) in [4.78, 5) is 18.6. The van der Waals surface area contributed by atoms with E-state index in [-0.39, 0.29) is 12.0 Å². The van der Waals surface area contributed by atoms with Crippen molar-refractivity contribution in [3.63, 3.8) is 0 Å². The van der Waals surface area contributed by atoms with Crippen molar-refractivity contribution >= 4 is 28.3 Å². The van der Waals surface area contributed by atoms with Gasteiger partial charge in [-0.15, -0.1) is 11.8 Å². The first-order valence-electron chi connectivity index (χ1n) is 10.8. The van der Waals surface area contributed by atoms with Crippen LogP contribution in [0, 0.1) is 0 Å². The summed E-state index contributed by atoms with van der Waals surface area (Å²) in [7, 11) is 4.05. The number of benzene rings is 2. The van der Waals surface area contributed by atoms with Gasteiger partial charge in [-0.25, -0.2) is 0 Å². The van der Waals surface area contributed by atoms with Crippen molar-refractivity contribution in [2.45, 2.75) is 25.5 Å². The van der Waals surface area contributed by atoms with Crippen LogP contribution in [-0.4, -0.2) is 56.5 Å². The van der Waals surface area contributed by atoms with E-state index in [4.69, 9.17) is 9.47 Å². The largest absolute Gasteiger partial charge is 0.486 e. The average molecular weight is 439 g/mol. The Labute approximate surface area is 189 Å². The van der Waals surface area contributed by atoms with Gasteiger partial charge >= 0.3 is 0 Å². The minimum atomic E-state index is -0.0572. The molecule has 0 saturated carbocycles. The lowest BCUT2D eigenvalue weighted by atomic mass is 10.1. The number of amides is 1. The SMILES string of the molecule is CN(C)c1ccc(CN(CC2CCCO2)C(=O)C2=C(c3ccccc3)SCCO2)cc1. The second kappa shape index (κ2) is 10.2. The molecule has 1 unspecified atom stereocenters. The minimum absolute atomic E-state index is 0.0572. The third-order valence-electron chi connectivity index (χ3n) is 5.57. The third kappa shape index (κ3) is 5.43. The van der Waals surface area contributed by atoms with Gasteiger partial charge in [-0.2, -0.15) is 0 Å². The number of carbonyl (C=O) groups is 1. The Bertz CT molecular complexity index is 906. The zero-order valence-corrected chi connectivity index (χ0v) is 19.1. The summed E-state index contributed by atoms with van der Waals surface area (Å²) in [5.41, 5.74) is 3.27. The van der Waals surface area contributed by atoms with Crippen LogP contribution in [-0.2, 0) is 20.8 Å². The van der Waals surface area contributed by atoms with Crippen LogP contribution < -0.4 is 4.90 Å². The van der Waals surface area contributed by atoms with Crippen molar-refractivity contribution in [3.8, 4) is 0 Å². The summed E-state index contributed by atoms with van der Waals surface area (Å²) < 4.78 is 11.8. The Morgan fingerprint density at radius 2 is 1.84 bits per heavy atom. The van der Waals surface area contributed by atoms with Crippen LogP contribution in [0.25, 0.3) is 4.91 Å². The summed E-state index contributed by atoms with van der Waals surface area (Å²) >= 11 is 1.69. The van der Waals surface area contributed by atoms with E-state index < -0.39 is 0 Å². The van der Waals surface area contributed by atoms with Gasteiger partial charge in [0.15, 0.2) is 5.76 Å². The van der Waals surface area contributed by atoms with Crippen LogP contribution in [0.2, 0.25) is 0 Å². The van der Waals surface area contributed by atoms with Gasteiger partial charge in [-0.05, 0) is 36.1 Å². The summed E-state index contributed by atoms with van der Waals surface area (Å²) in [5.74, 6) is 1.25. The second-order valence-corrected chi connectivity index (χ2v) is 9.21. The maximum Gasteiger partial charge on any atom is 0.290 e. The van der Waals surface area contributed by atoms with Crippen LogP contribution >= 0.6 is 11.8 Å². The number of nitrogens with zero attached hydrogens (tertiary/aromatic N) is 2. The molecule has 164 valence electrons. The van der Waals surface area contributed by atoms with Crippen LogP contribution in [0.3, 0.4) is 0 Å². The molecule has 2 heterocycles. The molecule has 0 aliphatic carbocycles. The van der Waals surface area contributed by atoms with E-state index in [0.29, 0.717) is 25.5 Å². The minimum Gasteiger partial charge on any atom is -0.486 e. The van der Waals surface area contributed by atoms with Crippen molar-refractivity contribution in [1.82, 2.24) is 4.90 Å². The maximum absolute atomic E-state index is 13.7. The molecule has 0 aromatic heterocycles. The molecular weight excluding hydrogens is 408 g/mol. The molecule has 2 aliphatic rings. The fourth-order valence-electron chi connectivity index (χ4n) is 3.90. The highest BCUT2D eigenvalue weighted by Gasteiger charge is 2.30. The third-order valence-corrected chi connectivity index (χ3v) is 6.65. The van der Waals surface area contributed by atoms with Gasteiger partial charge in [0.05, 0.1) is 17.6 Å². The molecule has 4 rings (SSSR count). The van der Waals surface area contributed by atoms with Gasteiger partial charge in [0.2, 0.25) is 0 Å². The predicted octanol–water partition coefficient (Wildman–Crippen LogP) is 4.39. The lowest BCUT2D eigenvalue weighted by Crippen LogP contribution is -2.39. The first kappa shape index (κ1) is 21.8. The molecule has 6 heteroatoms. The first-order chi connectivity index (χ1) is 15.1. The molecule has 1 atom stereocenters. The van der Waals surface area contributed by atoms with Crippen molar-refractivity contribution in [2.24, 2.45) is 0 Å². The van der Waals surface area contributed by atoms with Gasteiger partial charge in [0, 0.05) is 45.2 Å². The molecule has 0 spiro atoms. The number of thioether (sulfide) groups is 1. The lowest BCUT2D eigenvalue weighted by molar-refractivity contribution is -0.132. The molecule has 2 aromatic carbocycles. The molecule has 2 aromatic rings. The van der Waals surface area contributed by atoms with E-state index in [1.54, 1.807) is 11.8 Å². The van der Waals surface area contributed by atoms with Crippen molar-refractivity contribution < 1.29 is 14.3 Å². The Balaban J connectivity index is 1.61. The summed E-state index contributed by atoms with van der Waals surface area (Å²) in [5, 5.41) is 0. The highest BCUT2D eigenvalue weighted by atomic mass is 32.2. The van der Waals surface area contributed by atoms with Crippen molar-refractivity contribution in [1.29, 1.82) is 0 Å². The highest BCUT2D eigenvalue weighted by molar-refractivity contribution is 8.08. The predicted molar refractivity (Wildman–Crippen MR) is 127 cm³/mol. The molecule has 2 aliphatic heterocycles. The zero-order valence-electron chi connectivity index (χ0n) is 18.3. The molecular formula is C25H30N2O3S. The van der Waals surface area contributed by atoms with Gasteiger partial charge in [-0.1, -0.05) is 42.5 Å². The van der Waals surface area contributed by atoms with Crippen LogP contribution in [0.15, 0.2) is 60.4 Å². The number of rotatable bonds is 7. The van der Waals surface area contributed by atoms with E-state index in [1.807, 2.05) is 49.3 Å². The molecule has 0 radical (unpaired) electrons. The standard InChI is InChI=1S/C25H30N2O3S/c1-26(2)21-12-10-19(11-13-21)17-27(18-22-9-6-14-29-22)25(28)23-24(31-16-15-30-23)20-7-4-3-5-8-20/h3-5,7-8,10-13,22H,6,9,14-18H2,1-2H3. The number of ether oxygens (including phenoxy) is 2. The number of hydrogen-bond donors (Lipinski definition) is 0. The van der Waals surface area contributed by atoms with Crippen LogP contribution in [0.1, 0.15) is 24.0 Å². The first-order valence-corrected chi connectivity index (χ1v) is 11.8. The van der Waals surface area contributed by atoms with Gasteiger partial charge in [-0.3, -0.25) is 4.79 Å². The van der Waals surface area contributed by atoms with Crippen molar-refractivity contribution in [3.05, 3.63) is 71.5 Å². The van der Waals surface area contributed by atoms with Crippen LogP contribution in [0.5, 0.6) is 0 Å². The maximum atomic E-state index is 13.7. The molecule has 0 N–H and O–H groups in total. The Morgan fingerprint density at radius 3 is 2.52 bits per heavy atom. The quantitative estimate of drug-likeness (QED) is 0.641. The molecule has 1 fully saturated rings. The Morgan fingerprint density at radius 1 is 1.06 bits per heavy atom. The lowest BCUT2D eigenvalue weighted by Gasteiger charge is -2.29. The normalized spacial score (nSPS) is 18.6. The van der Waals surface area contributed by atoms with Crippen molar-refractivity contribution in [2.75, 3.05) is 44.5 Å². The van der Waals surface area contributed by atoms with E-state index in [1.165, 1.54) is 0 Å². The molecule has 31 heavy (non-hydrogen) atoms. The summed E-state index contributed by atoms with van der Waals surface area (Å²) in [6, 6.07) is 18.4. The molecule has 0 bridgehead atoms. The molecule has 5 nitrogen and oxygen atoms in total. The smallest absolute Gasteiger partial charge is 0.290 e. The second-order valence-electron chi connectivity index (χ2n) is 8.10. The van der Waals surface area contributed by atoms with E-state index >= 15 is 0 Å². The monoisotopic (exact) mass is 438 g/mol. The number of anilines is 1. The van der Waals surface area contributed by atoms with E-state index in [0.717, 1.165) is 46.9 Å². The zero-order chi connectivity index (χ0) is 21.6. The fraction of sp³-hybridized carbons (Fsp3) is 0.400. The van der Waals surface area contributed by atoms with E-state index in [9.17, 15) is 4.79 Å². The van der Waals surface area contributed by atoms with E-state index in [2.05, 4.69) is 29.2 Å². The fourth-order valence-corrected chi connectivity index (χ4v) is 4.85. The Hall–Kier alpha value is -2.44. The Kier molecular flexibility index (Phi) is 7.20. The summed E-state index contributed by atoms with van der Waals surface area (Å²) in [6.45, 7) is 2.43. The van der Waals surface area contributed by atoms with Gasteiger partial charge < -0.3 is 19.3 Å². The number of carbonyl (C=O) groups excluding carboxylic acids is 1. The average Bonchev–Trinajstić information content (AvgIpc) is 3.32. The van der Waals surface area contributed by atoms with Gasteiger partial charge in [0.25, 0.3) is 5.91 Å².